The molecule has 4 N–H and O–H groups in total. The Morgan fingerprint density at radius 2 is 0.493 bits per heavy atom. The third-order valence-corrected chi connectivity index (χ3v) is 12.1. The van der Waals surface area contributed by atoms with Crippen LogP contribution in [0.25, 0.3) is 22.3 Å². The fraction of sp³-hybridized carbons (Fsp3) is 0.100. The molecule has 0 unspecified atom stereocenters. The van der Waals surface area contributed by atoms with Gasteiger partial charge in [0.25, 0.3) is 0 Å². The molecule has 0 heterocycles. The molecule has 9 aromatic carbocycles. The minimum atomic E-state index is -0.134. The summed E-state index contributed by atoms with van der Waals surface area (Å²) < 4.78 is 0. The fourth-order valence-electron chi connectivity index (χ4n) is 8.58. The van der Waals surface area contributed by atoms with Crippen molar-refractivity contribution in [3.05, 3.63) is 246 Å². The van der Waals surface area contributed by atoms with Crippen LogP contribution in [0, 0.1) is 13.8 Å². The van der Waals surface area contributed by atoms with Crippen LogP contribution in [-0.2, 0) is 26.4 Å². The first-order valence-electron chi connectivity index (χ1n) is 22.5. The predicted octanol–water partition coefficient (Wildman–Crippen LogP) is 14.0. The van der Waals surface area contributed by atoms with E-state index in [4.69, 9.17) is 0 Å². The summed E-state index contributed by atoms with van der Waals surface area (Å²) in [7, 11) is 0. The van der Waals surface area contributed by atoms with Crippen LogP contribution in [0.4, 0.5) is 51.2 Å². The van der Waals surface area contributed by atoms with E-state index in [1.54, 1.807) is 0 Å². The lowest BCUT2D eigenvalue weighted by Crippen LogP contribution is -2.17. The van der Waals surface area contributed by atoms with Crippen LogP contribution in [0.1, 0.15) is 33.4 Å². The van der Waals surface area contributed by atoms with Crippen molar-refractivity contribution in [2.24, 2.45) is 0 Å². The van der Waals surface area contributed by atoms with Gasteiger partial charge in [-0.2, -0.15) is 0 Å². The van der Waals surface area contributed by atoms with Gasteiger partial charge in [-0.05, 0) is 149 Å². The lowest BCUT2D eigenvalue weighted by atomic mass is 10.0. The van der Waals surface area contributed by atoms with Crippen LogP contribution in [0.3, 0.4) is 0 Å². The van der Waals surface area contributed by atoms with E-state index in [9.17, 15) is 20.4 Å². The highest BCUT2D eigenvalue weighted by Crippen LogP contribution is 2.47. The van der Waals surface area contributed by atoms with Crippen LogP contribution in [0.2, 0.25) is 0 Å². The van der Waals surface area contributed by atoms with Crippen molar-refractivity contribution in [3.63, 3.8) is 0 Å². The molecule has 0 aliphatic carbocycles. The van der Waals surface area contributed by atoms with E-state index in [-0.39, 0.29) is 26.4 Å². The molecule has 7 heteroatoms. The number of anilines is 9. The summed E-state index contributed by atoms with van der Waals surface area (Å²) in [6.07, 6.45) is 0. The molecule has 0 bridgehead atoms. The Balaban J connectivity index is 1.32. The van der Waals surface area contributed by atoms with E-state index in [2.05, 4.69) is 144 Å². The van der Waals surface area contributed by atoms with Crippen molar-refractivity contribution < 1.29 is 20.4 Å². The molecule has 0 atom stereocenters. The van der Waals surface area contributed by atoms with E-state index in [1.807, 2.05) is 97.1 Å². The second kappa shape index (κ2) is 20.2. The zero-order valence-electron chi connectivity index (χ0n) is 37.7. The van der Waals surface area contributed by atoms with E-state index in [0.29, 0.717) is 0 Å². The predicted molar refractivity (Wildman–Crippen MR) is 275 cm³/mol. The number of rotatable bonds is 15. The minimum Gasteiger partial charge on any atom is -0.392 e. The molecule has 9 aromatic rings. The van der Waals surface area contributed by atoms with Gasteiger partial charge in [0.15, 0.2) is 0 Å². The van der Waals surface area contributed by atoms with Crippen LogP contribution >= 0.6 is 0 Å². The van der Waals surface area contributed by atoms with E-state index in [0.717, 1.165) is 95.7 Å². The van der Waals surface area contributed by atoms with Crippen molar-refractivity contribution in [3.8, 4) is 22.3 Å². The standard InChI is InChI=1S/C60H53N3O4/c1-42-15-19-48(20-16-42)50-23-27-52(28-24-50)61(53-29-25-51(26-30-53)49-21-17-43(2)18-22-49)58-35-59(62(54-11-3-7-44(31-54)38-64)55-12-4-8-45(32-55)39-65)37-60(36-58)63(56-13-5-9-46(33-56)40-66)57-14-6-10-47(34-57)41-67/h3-37,64-67H,38-41H2,1-2H3. The molecular weight excluding hydrogens is 827 g/mol. The Bertz CT molecular complexity index is 2790. The molecule has 9 rings (SSSR count). The maximum absolute atomic E-state index is 10.4. The summed E-state index contributed by atoms with van der Waals surface area (Å²) in [6.45, 7) is 3.66. The van der Waals surface area contributed by atoms with Crippen LogP contribution in [0.15, 0.2) is 212 Å². The van der Waals surface area contributed by atoms with E-state index >= 15 is 0 Å². The second-order valence-corrected chi connectivity index (χ2v) is 16.9. The lowest BCUT2D eigenvalue weighted by Gasteiger charge is -2.33. The van der Waals surface area contributed by atoms with Gasteiger partial charge in [0, 0.05) is 34.1 Å². The molecule has 0 aliphatic heterocycles. The highest BCUT2D eigenvalue weighted by Gasteiger charge is 2.23. The number of aryl methyl sites for hydroxylation is 2. The van der Waals surface area contributed by atoms with Crippen molar-refractivity contribution in [2.45, 2.75) is 40.3 Å². The second-order valence-electron chi connectivity index (χ2n) is 16.9. The molecule has 67 heavy (non-hydrogen) atoms. The molecule has 0 saturated heterocycles. The number of aliphatic hydroxyl groups excluding tert-OH is 4. The number of benzene rings is 9. The summed E-state index contributed by atoms with van der Waals surface area (Å²) in [4.78, 5) is 6.57. The molecule has 332 valence electrons. The molecule has 0 spiro atoms. The van der Waals surface area contributed by atoms with Gasteiger partial charge < -0.3 is 35.1 Å². The van der Waals surface area contributed by atoms with Crippen molar-refractivity contribution >= 4 is 51.2 Å². The summed E-state index contributed by atoms with van der Waals surface area (Å²) in [5.41, 5.74) is 17.5. The zero-order chi connectivity index (χ0) is 46.3. The molecule has 0 radical (unpaired) electrons. The highest BCUT2D eigenvalue weighted by molar-refractivity contribution is 5.90. The normalized spacial score (nSPS) is 11.1. The third kappa shape index (κ3) is 9.92. The Morgan fingerprint density at radius 1 is 0.254 bits per heavy atom. The molecule has 7 nitrogen and oxygen atoms in total. The maximum atomic E-state index is 10.4. The zero-order valence-corrected chi connectivity index (χ0v) is 37.7. The molecule has 0 saturated carbocycles. The van der Waals surface area contributed by atoms with Gasteiger partial charge in [0.05, 0.1) is 43.5 Å². The van der Waals surface area contributed by atoms with Gasteiger partial charge in [0.1, 0.15) is 0 Å². The number of nitrogens with zero attached hydrogens (tertiary/aromatic N) is 3. The monoisotopic (exact) mass is 879 g/mol. The van der Waals surface area contributed by atoms with Gasteiger partial charge in [-0.1, -0.05) is 132 Å². The molecular formula is C60H53N3O4. The van der Waals surface area contributed by atoms with Crippen LogP contribution in [0.5, 0.6) is 0 Å². The number of hydrogen-bond donors (Lipinski definition) is 4. The van der Waals surface area contributed by atoms with Crippen molar-refractivity contribution in [1.82, 2.24) is 0 Å². The molecule has 0 amide bonds. The van der Waals surface area contributed by atoms with Gasteiger partial charge in [0.2, 0.25) is 0 Å². The average Bonchev–Trinajstić information content (AvgIpc) is 3.38. The largest absolute Gasteiger partial charge is 0.392 e. The van der Waals surface area contributed by atoms with Gasteiger partial charge in [-0.3, -0.25) is 0 Å². The Hall–Kier alpha value is -7.78. The smallest absolute Gasteiger partial charge is 0.0682 e. The van der Waals surface area contributed by atoms with Gasteiger partial charge in [-0.25, -0.2) is 0 Å². The Kier molecular flexibility index (Phi) is 13.4. The fourth-order valence-corrected chi connectivity index (χ4v) is 8.58. The topological polar surface area (TPSA) is 90.6 Å². The average molecular weight is 880 g/mol. The molecule has 0 aromatic heterocycles. The van der Waals surface area contributed by atoms with Crippen LogP contribution in [-0.4, -0.2) is 20.4 Å². The number of hydrogen-bond acceptors (Lipinski definition) is 7. The summed E-state index contributed by atoms with van der Waals surface area (Å²) in [5.74, 6) is 0. The van der Waals surface area contributed by atoms with Crippen molar-refractivity contribution in [1.29, 1.82) is 0 Å². The van der Waals surface area contributed by atoms with Gasteiger partial charge in [-0.15, -0.1) is 0 Å². The summed E-state index contributed by atoms with van der Waals surface area (Å²) in [6, 6.07) is 72.4. The SMILES string of the molecule is Cc1ccc(-c2ccc(N(c3ccc(-c4ccc(C)cc4)cc3)c3cc(N(c4cccc(CO)c4)c4cccc(CO)c4)cc(N(c4cccc(CO)c4)c4cccc(CO)c4)c3)cc2)cc1. The first kappa shape index (κ1) is 44.4. The van der Waals surface area contributed by atoms with E-state index < -0.39 is 0 Å². The Morgan fingerprint density at radius 3 is 0.746 bits per heavy atom. The summed E-state index contributed by atoms with van der Waals surface area (Å²) in [5, 5.41) is 41.6. The quantitative estimate of drug-likeness (QED) is 0.0815. The molecule has 0 aliphatic rings. The maximum Gasteiger partial charge on any atom is 0.0682 e. The third-order valence-electron chi connectivity index (χ3n) is 12.1. The first-order valence-corrected chi connectivity index (χ1v) is 22.5. The highest BCUT2D eigenvalue weighted by atomic mass is 16.3. The lowest BCUT2D eigenvalue weighted by molar-refractivity contribution is 0.281. The van der Waals surface area contributed by atoms with E-state index in [1.165, 1.54) is 11.1 Å². The van der Waals surface area contributed by atoms with Crippen molar-refractivity contribution in [2.75, 3.05) is 14.7 Å². The number of aliphatic hydroxyl groups is 4. The summed E-state index contributed by atoms with van der Waals surface area (Å²) >= 11 is 0. The minimum absolute atomic E-state index is 0.134. The van der Waals surface area contributed by atoms with Crippen LogP contribution < -0.4 is 14.7 Å². The van der Waals surface area contributed by atoms with Gasteiger partial charge >= 0.3 is 0 Å². The molecule has 0 fully saturated rings. The first-order chi connectivity index (χ1) is 32.8. The Labute approximate surface area is 393 Å².